The number of carboxylic acid groups (broad SMARTS) is 1. The van der Waals surface area contributed by atoms with Gasteiger partial charge < -0.3 is 19.3 Å². The Bertz CT molecular complexity index is 477. The molecule has 1 rings (SSSR count). The van der Waals surface area contributed by atoms with Crippen molar-refractivity contribution < 1.29 is 28.9 Å². The summed E-state index contributed by atoms with van der Waals surface area (Å²) >= 11 is 0. The lowest BCUT2D eigenvalue weighted by Crippen LogP contribution is -2.16. The van der Waals surface area contributed by atoms with Crippen LogP contribution in [0.25, 0.3) is 5.76 Å². The van der Waals surface area contributed by atoms with Gasteiger partial charge in [-0.15, -0.1) is 0 Å². The smallest absolute Gasteiger partial charge is 0.377 e. The molecule has 1 aromatic carbocycles. The van der Waals surface area contributed by atoms with E-state index in [1.54, 1.807) is 30.3 Å². The van der Waals surface area contributed by atoms with Crippen molar-refractivity contribution in [1.29, 1.82) is 0 Å². The molecule has 0 radical (unpaired) electrons. The molecule has 6 heteroatoms. The maximum absolute atomic E-state index is 11.6. The first-order chi connectivity index (χ1) is 9.10. The van der Waals surface area contributed by atoms with E-state index < -0.39 is 18.5 Å². The normalized spacial score (nSPS) is 11.3. The summed E-state index contributed by atoms with van der Waals surface area (Å²) in [6.07, 6.45) is 0. The van der Waals surface area contributed by atoms with Gasteiger partial charge in [0.15, 0.2) is 12.4 Å². The second-order valence-electron chi connectivity index (χ2n) is 3.40. The van der Waals surface area contributed by atoms with Gasteiger partial charge in [-0.05, 0) is 0 Å². The van der Waals surface area contributed by atoms with Gasteiger partial charge in [-0.25, -0.2) is 9.59 Å². The molecule has 0 saturated carbocycles. The number of carbonyl (C=O) groups excluding carboxylic acids is 1. The van der Waals surface area contributed by atoms with Crippen LogP contribution in [0.2, 0.25) is 0 Å². The minimum absolute atomic E-state index is 0.119. The SMILES string of the molecule is COC(=O)C(OCC(=O)O)=C(OC)c1ccccc1. The van der Waals surface area contributed by atoms with Crippen molar-refractivity contribution in [2.24, 2.45) is 0 Å². The van der Waals surface area contributed by atoms with Crippen LogP contribution >= 0.6 is 0 Å². The maximum atomic E-state index is 11.6. The molecule has 19 heavy (non-hydrogen) atoms. The molecule has 1 aromatic rings. The third-order valence-corrected chi connectivity index (χ3v) is 2.16. The minimum Gasteiger partial charge on any atom is -0.492 e. The van der Waals surface area contributed by atoms with E-state index in [1.807, 2.05) is 0 Å². The summed E-state index contributed by atoms with van der Waals surface area (Å²) < 4.78 is 14.6. The fraction of sp³-hybridized carbons (Fsp3) is 0.231. The number of carboxylic acids is 1. The van der Waals surface area contributed by atoms with E-state index in [0.29, 0.717) is 5.56 Å². The number of benzene rings is 1. The van der Waals surface area contributed by atoms with Crippen LogP contribution in [0.1, 0.15) is 5.56 Å². The molecular formula is C13H14O6. The van der Waals surface area contributed by atoms with Crippen molar-refractivity contribution >= 4 is 17.7 Å². The monoisotopic (exact) mass is 266 g/mol. The summed E-state index contributed by atoms with van der Waals surface area (Å²) in [6, 6.07) is 8.70. The van der Waals surface area contributed by atoms with Gasteiger partial charge in [-0.2, -0.15) is 0 Å². The fourth-order valence-corrected chi connectivity index (χ4v) is 1.37. The highest BCUT2D eigenvalue weighted by atomic mass is 16.6. The van der Waals surface area contributed by atoms with Gasteiger partial charge in [-0.1, -0.05) is 30.3 Å². The van der Waals surface area contributed by atoms with Crippen molar-refractivity contribution in [1.82, 2.24) is 0 Å². The average Bonchev–Trinajstić information content (AvgIpc) is 2.43. The Hall–Kier alpha value is -2.50. The van der Waals surface area contributed by atoms with Crippen molar-refractivity contribution in [3.05, 3.63) is 41.7 Å². The number of carbonyl (C=O) groups is 2. The van der Waals surface area contributed by atoms with Crippen molar-refractivity contribution in [2.75, 3.05) is 20.8 Å². The maximum Gasteiger partial charge on any atom is 0.377 e. The van der Waals surface area contributed by atoms with E-state index in [2.05, 4.69) is 4.74 Å². The Morgan fingerprint density at radius 1 is 1.11 bits per heavy atom. The molecule has 102 valence electrons. The topological polar surface area (TPSA) is 82.1 Å². The van der Waals surface area contributed by atoms with E-state index in [4.69, 9.17) is 14.6 Å². The largest absolute Gasteiger partial charge is 0.492 e. The van der Waals surface area contributed by atoms with Crippen molar-refractivity contribution in [3.8, 4) is 0 Å². The van der Waals surface area contributed by atoms with Crippen LogP contribution in [0.4, 0.5) is 0 Å². The third-order valence-electron chi connectivity index (χ3n) is 2.16. The number of esters is 1. The zero-order valence-electron chi connectivity index (χ0n) is 10.6. The lowest BCUT2D eigenvalue weighted by atomic mass is 10.1. The summed E-state index contributed by atoms with van der Waals surface area (Å²) in [5, 5.41) is 8.60. The van der Waals surface area contributed by atoms with Gasteiger partial charge in [0.05, 0.1) is 14.2 Å². The summed E-state index contributed by atoms with van der Waals surface area (Å²) in [5.74, 6) is -2.17. The summed E-state index contributed by atoms with van der Waals surface area (Å²) in [6.45, 7) is -0.663. The van der Waals surface area contributed by atoms with Crippen LogP contribution in [-0.2, 0) is 23.8 Å². The van der Waals surface area contributed by atoms with E-state index >= 15 is 0 Å². The predicted molar refractivity (Wildman–Crippen MR) is 66.0 cm³/mol. The highest BCUT2D eigenvalue weighted by Gasteiger charge is 2.21. The summed E-state index contributed by atoms with van der Waals surface area (Å²) in [4.78, 5) is 22.1. The van der Waals surface area contributed by atoms with Crippen LogP contribution in [0, 0.1) is 0 Å². The molecule has 0 spiro atoms. The van der Waals surface area contributed by atoms with E-state index in [1.165, 1.54) is 14.2 Å². The van der Waals surface area contributed by atoms with Crippen LogP contribution in [0.5, 0.6) is 0 Å². The summed E-state index contributed by atoms with van der Waals surface area (Å²) in [5.41, 5.74) is 0.579. The van der Waals surface area contributed by atoms with E-state index in [0.717, 1.165) is 0 Å². The number of rotatable bonds is 6. The molecule has 6 nitrogen and oxygen atoms in total. The molecule has 0 unspecified atom stereocenters. The second kappa shape index (κ2) is 7.05. The van der Waals surface area contributed by atoms with Crippen molar-refractivity contribution in [2.45, 2.75) is 0 Å². The molecule has 0 amide bonds. The number of methoxy groups -OCH3 is 2. The Morgan fingerprint density at radius 3 is 2.21 bits per heavy atom. The molecule has 0 fully saturated rings. The Kier molecular flexibility index (Phi) is 5.40. The molecule has 0 aliphatic heterocycles. The number of ether oxygens (including phenoxy) is 3. The predicted octanol–water partition coefficient (Wildman–Crippen LogP) is 1.28. The lowest BCUT2D eigenvalue weighted by molar-refractivity contribution is -0.145. The van der Waals surface area contributed by atoms with Gasteiger partial charge in [0.25, 0.3) is 0 Å². The Morgan fingerprint density at radius 2 is 1.74 bits per heavy atom. The van der Waals surface area contributed by atoms with Gasteiger partial charge in [0.1, 0.15) is 0 Å². The number of hydrogen-bond donors (Lipinski definition) is 1. The second-order valence-corrected chi connectivity index (χ2v) is 3.40. The highest BCUT2D eigenvalue weighted by Crippen LogP contribution is 2.21. The zero-order valence-corrected chi connectivity index (χ0v) is 10.6. The average molecular weight is 266 g/mol. The quantitative estimate of drug-likeness (QED) is 0.474. The number of aliphatic carboxylic acids is 1. The van der Waals surface area contributed by atoms with E-state index in [9.17, 15) is 9.59 Å². The molecular weight excluding hydrogens is 252 g/mol. The first-order valence-electron chi connectivity index (χ1n) is 5.36. The van der Waals surface area contributed by atoms with Gasteiger partial charge >= 0.3 is 11.9 Å². The molecule has 1 N–H and O–H groups in total. The van der Waals surface area contributed by atoms with Gasteiger partial charge in [0.2, 0.25) is 5.76 Å². The molecule has 0 heterocycles. The fourth-order valence-electron chi connectivity index (χ4n) is 1.37. The first-order valence-corrected chi connectivity index (χ1v) is 5.36. The Labute approximate surface area is 110 Å². The van der Waals surface area contributed by atoms with Crippen LogP contribution in [0.3, 0.4) is 0 Å². The third kappa shape index (κ3) is 4.02. The first kappa shape index (κ1) is 14.6. The molecule has 0 saturated heterocycles. The lowest BCUT2D eigenvalue weighted by Gasteiger charge is -2.12. The zero-order chi connectivity index (χ0) is 14.3. The minimum atomic E-state index is -1.20. The molecule has 0 aromatic heterocycles. The molecule has 0 aliphatic rings. The van der Waals surface area contributed by atoms with Crippen LogP contribution in [0.15, 0.2) is 36.1 Å². The highest BCUT2D eigenvalue weighted by molar-refractivity contribution is 5.94. The van der Waals surface area contributed by atoms with Gasteiger partial charge in [0, 0.05) is 5.56 Å². The Balaban J connectivity index is 3.18. The molecule has 0 bridgehead atoms. The van der Waals surface area contributed by atoms with Crippen LogP contribution in [-0.4, -0.2) is 37.9 Å². The summed E-state index contributed by atoms with van der Waals surface area (Å²) in [7, 11) is 2.53. The molecule has 0 aliphatic carbocycles. The van der Waals surface area contributed by atoms with E-state index in [-0.39, 0.29) is 11.5 Å². The number of hydrogen-bond acceptors (Lipinski definition) is 5. The van der Waals surface area contributed by atoms with Crippen molar-refractivity contribution in [3.63, 3.8) is 0 Å². The van der Waals surface area contributed by atoms with Crippen LogP contribution < -0.4 is 0 Å². The van der Waals surface area contributed by atoms with Gasteiger partial charge in [-0.3, -0.25) is 0 Å². The molecule has 0 atom stereocenters. The standard InChI is InChI=1S/C13H14O6/c1-17-11(9-6-4-3-5-7-9)12(13(16)18-2)19-8-10(14)15/h3-7H,8H2,1-2H3,(H,14,15).